The van der Waals surface area contributed by atoms with Crippen LogP contribution < -0.4 is 0 Å². The molecule has 1 N–H and O–H groups in total. The Morgan fingerprint density at radius 2 is 1.33 bits per heavy atom. The fourth-order valence-electron chi connectivity index (χ4n) is 3.32. The van der Waals surface area contributed by atoms with Crippen LogP contribution in [0.25, 0.3) is 0 Å². The number of nitrogens with zero attached hydrogens (tertiary/aromatic N) is 2. The number of oxime groups is 1. The van der Waals surface area contributed by atoms with E-state index >= 15 is 0 Å². The smallest absolute Gasteiger partial charge is 0.245 e. The van der Waals surface area contributed by atoms with Gasteiger partial charge in [-0.3, -0.25) is 10.1 Å². The average molecular weight is 360 g/mol. The largest absolute Gasteiger partial charge is 0.411 e. The SMILES string of the molecule is O=[N+]([O-])[C@H](c1ccccc1)[C@H](C/C(=N\O)c1ccccc1)c1ccccc1. The predicted octanol–water partition coefficient (Wildman–Crippen LogP) is 5.06. The molecule has 0 bridgehead atoms. The van der Waals surface area contributed by atoms with Crippen LogP contribution in [0.15, 0.2) is 96.2 Å². The molecule has 2 atom stereocenters. The lowest BCUT2D eigenvalue weighted by atomic mass is 9.82. The molecule has 0 spiro atoms. The Balaban J connectivity index is 2.04. The highest BCUT2D eigenvalue weighted by atomic mass is 16.6. The van der Waals surface area contributed by atoms with Crippen molar-refractivity contribution in [3.8, 4) is 0 Å². The summed E-state index contributed by atoms with van der Waals surface area (Å²) in [5.41, 5.74) is 2.63. The minimum Gasteiger partial charge on any atom is -0.411 e. The van der Waals surface area contributed by atoms with Crippen LogP contribution in [0.5, 0.6) is 0 Å². The molecular formula is C22H20N2O3. The van der Waals surface area contributed by atoms with Gasteiger partial charge in [-0.05, 0) is 11.1 Å². The summed E-state index contributed by atoms with van der Waals surface area (Å²) in [7, 11) is 0. The lowest BCUT2D eigenvalue weighted by Gasteiger charge is -2.22. The normalized spacial score (nSPS) is 13.7. The molecule has 0 amide bonds. The van der Waals surface area contributed by atoms with Crippen LogP contribution in [-0.2, 0) is 0 Å². The molecule has 0 saturated carbocycles. The second kappa shape index (κ2) is 8.76. The van der Waals surface area contributed by atoms with E-state index in [1.165, 1.54) is 0 Å². The highest BCUT2D eigenvalue weighted by Gasteiger charge is 2.35. The van der Waals surface area contributed by atoms with Crippen LogP contribution in [-0.4, -0.2) is 15.8 Å². The van der Waals surface area contributed by atoms with E-state index in [-0.39, 0.29) is 11.3 Å². The number of hydrogen-bond donors (Lipinski definition) is 1. The lowest BCUT2D eigenvalue weighted by Crippen LogP contribution is -2.22. The zero-order chi connectivity index (χ0) is 19.1. The molecule has 3 rings (SSSR count). The highest BCUT2D eigenvalue weighted by molar-refractivity contribution is 6.00. The van der Waals surface area contributed by atoms with Gasteiger partial charge in [-0.1, -0.05) is 96.2 Å². The second-order valence-corrected chi connectivity index (χ2v) is 6.27. The van der Waals surface area contributed by atoms with Gasteiger partial charge < -0.3 is 5.21 Å². The van der Waals surface area contributed by atoms with E-state index in [1.807, 2.05) is 66.7 Å². The summed E-state index contributed by atoms with van der Waals surface area (Å²) in [5, 5.41) is 25.1. The maximum atomic E-state index is 12.0. The molecule has 27 heavy (non-hydrogen) atoms. The first-order chi connectivity index (χ1) is 13.2. The molecule has 0 aliphatic heterocycles. The van der Waals surface area contributed by atoms with Gasteiger partial charge in [-0.2, -0.15) is 0 Å². The Hall–Kier alpha value is -3.47. The molecule has 0 saturated heterocycles. The summed E-state index contributed by atoms with van der Waals surface area (Å²) in [4.78, 5) is 11.8. The number of rotatable bonds is 7. The van der Waals surface area contributed by atoms with Crippen LogP contribution in [0.4, 0.5) is 0 Å². The monoisotopic (exact) mass is 360 g/mol. The summed E-state index contributed by atoms with van der Waals surface area (Å²) in [6.07, 6.45) is 0.241. The first-order valence-corrected chi connectivity index (χ1v) is 8.70. The molecule has 0 heterocycles. The van der Waals surface area contributed by atoms with Gasteiger partial charge in [0.15, 0.2) is 0 Å². The van der Waals surface area contributed by atoms with Gasteiger partial charge in [-0.25, -0.2) is 0 Å². The van der Waals surface area contributed by atoms with Gasteiger partial charge in [0.1, 0.15) is 0 Å². The van der Waals surface area contributed by atoms with E-state index in [0.717, 1.165) is 11.1 Å². The Labute approximate surface area is 157 Å². The van der Waals surface area contributed by atoms with Crippen LogP contribution in [0.3, 0.4) is 0 Å². The van der Waals surface area contributed by atoms with Crippen molar-refractivity contribution in [2.45, 2.75) is 18.4 Å². The predicted molar refractivity (Wildman–Crippen MR) is 105 cm³/mol. The van der Waals surface area contributed by atoms with E-state index in [1.54, 1.807) is 24.3 Å². The fraction of sp³-hybridized carbons (Fsp3) is 0.136. The van der Waals surface area contributed by atoms with Crippen molar-refractivity contribution in [3.63, 3.8) is 0 Å². The molecular weight excluding hydrogens is 340 g/mol. The Morgan fingerprint density at radius 3 is 1.81 bits per heavy atom. The first kappa shape index (κ1) is 18.3. The molecule has 0 aromatic heterocycles. The minimum absolute atomic E-state index is 0.241. The third-order valence-corrected chi connectivity index (χ3v) is 4.62. The van der Waals surface area contributed by atoms with Crippen molar-refractivity contribution in [1.82, 2.24) is 0 Å². The van der Waals surface area contributed by atoms with Crippen LogP contribution >= 0.6 is 0 Å². The summed E-state index contributed by atoms with van der Waals surface area (Å²) >= 11 is 0. The van der Waals surface area contributed by atoms with E-state index in [4.69, 9.17) is 0 Å². The molecule has 0 radical (unpaired) electrons. The third-order valence-electron chi connectivity index (χ3n) is 4.62. The van der Waals surface area contributed by atoms with Crippen molar-refractivity contribution in [2.24, 2.45) is 5.16 Å². The van der Waals surface area contributed by atoms with Crippen LogP contribution in [0.2, 0.25) is 0 Å². The summed E-state index contributed by atoms with van der Waals surface area (Å²) in [6, 6.07) is 26.6. The maximum absolute atomic E-state index is 12.0. The first-order valence-electron chi connectivity index (χ1n) is 8.70. The third kappa shape index (κ3) is 4.39. The van der Waals surface area contributed by atoms with E-state index in [2.05, 4.69) is 5.16 Å². The minimum atomic E-state index is -0.950. The second-order valence-electron chi connectivity index (χ2n) is 6.27. The lowest BCUT2D eigenvalue weighted by molar-refractivity contribution is -0.533. The number of hydrogen-bond acceptors (Lipinski definition) is 4. The van der Waals surface area contributed by atoms with Crippen molar-refractivity contribution < 1.29 is 10.1 Å². The van der Waals surface area contributed by atoms with Gasteiger partial charge in [-0.15, -0.1) is 0 Å². The summed E-state index contributed by atoms with van der Waals surface area (Å²) in [5.74, 6) is -0.477. The molecule has 5 heteroatoms. The molecule has 0 aliphatic carbocycles. The molecule has 0 fully saturated rings. The summed E-state index contributed by atoms with van der Waals surface area (Å²) in [6.45, 7) is 0. The topological polar surface area (TPSA) is 75.7 Å². The zero-order valence-electron chi connectivity index (χ0n) is 14.7. The van der Waals surface area contributed by atoms with Crippen molar-refractivity contribution in [2.75, 3.05) is 0 Å². The van der Waals surface area contributed by atoms with E-state index in [0.29, 0.717) is 11.3 Å². The van der Waals surface area contributed by atoms with Crippen molar-refractivity contribution >= 4 is 5.71 Å². The fourth-order valence-corrected chi connectivity index (χ4v) is 3.32. The molecule has 136 valence electrons. The molecule has 0 aliphatic rings. The Bertz CT molecular complexity index is 897. The molecule has 0 unspecified atom stereocenters. The Kier molecular flexibility index (Phi) is 5.94. The maximum Gasteiger partial charge on any atom is 0.245 e. The van der Waals surface area contributed by atoms with Gasteiger partial charge in [0.25, 0.3) is 0 Å². The number of benzene rings is 3. The van der Waals surface area contributed by atoms with Gasteiger partial charge in [0.05, 0.1) is 11.6 Å². The zero-order valence-corrected chi connectivity index (χ0v) is 14.7. The standard InChI is InChI=1S/C22H20N2O3/c25-23-21(18-12-6-2-7-13-18)16-20(17-10-4-1-5-11-17)22(24(26)27)19-14-8-3-9-15-19/h1-15,20,22,25H,16H2/b23-21+/t20-,22-/m1/s1. The van der Waals surface area contributed by atoms with Gasteiger partial charge >= 0.3 is 0 Å². The van der Waals surface area contributed by atoms with Gasteiger partial charge in [0.2, 0.25) is 6.04 Å². The highest BCUT2D eigenvalue weighted by Crippen LogP contribution is 2.37. The average Bonchev–Trinajstić information content (AvgIpc) is 2.72. The molecule has 3 aromatic rings. The van der Waals surface area contributed by atoms with Crippen LogP contribution in [0.1, 0.15) is 35.1 Å². The number of nitro groups is 1. The van der Waals surface area contributed by atoms with E-state index in [9.17, 15) is 15.3 Å². The quantitative estimate of drug-likeness (QED) is 0.277. The van der Waals surface area contributed by atoms with E-state index < -0.39 is 12.0 Å². The molecule has 3 aromatic carbocycles. The van der Waals surface area contributed by atoms with Crippen LogP contribution in [0, 0.1) is 10.1 Å². The van der Waals surface area contributed by atoms with Crippen molar-refractivity contribution in [3.05, 3.63) is 118 Å². The molecule has 5 nitrogen and oxygen atoms in total. The Morgan fingerprint density at radius 1 is 0.852 bits per heavy atom. The van der Waals surface area contributed by atoms with Crippen molar-refractivity contribution in [1.29, 1.82) is 0 Å². The summed E-state index contributed by atoms with van der Waals surface area (Å²) < 4.78 is 0. The van der Waals surface area contributed by atoms with Gasteiger partial charge in [0, 0.05) is 16.9 Å².